The van der Waals surface area contributed by atoms with E-state index in [0.29, 0.717) is 32.7 Å². The number of carbonyl (C=O) groups is 2. The summed E-state index contributed by atoms with van der Waals surface area (Å²) in [7, 11) is 6.82. The molecule has 0 bridgehead atoms. The zero-order chi connectivity index (χ0) is 21.0. The van der Waals surface area contributed by atoms with Gasteiger partial charge in [0.25, 0.3) is 0 Å². The first kappa shape index (κ1) is 21.2. The van der Waals surface area contributed by atoms with Gasteiger partial charge in [-0.05, 0) is 31.0 Å². The molecule has 29 heavy (non-hydrogen) atoms. The van der Waals surface area contributed by atoms with Crippen LogP contribution in [0.3, 0.4) is 0 Å². The predicted molar refractivity (Wildman–Crippen MR) is 110 cm³/mol. The van der Waals surface area contributed by atoms with Gasteiger partial charge in [0, 0.05) is 52.4 Å². The minimum Gasteiger partial charge on any atom is -0.497 e. The Morgan fingerprint density at radius 2 is 1.79 bits per heavy atom. The van der Waals surface area contributed by atoms with Crippen molar-refractivity contribution in [2.24, 2.45) is 0 Å². The van der Waals surface area contributed by atoms with Gasteiger partial charge < -0.3 is 24.2 Å². The summed E-state index contributed by atoms with van der Waals surface area (Å²) in [6.45, 7) is 3.86. The number of urea groups is 1. The third-order valence-corrected chi connectivity index (χ3v) is 5.75. The number of hydrogen-bond acceptors (Lipinski definition) is 5. The van der Waals surface area contributed by atoms with Crippen LogP contribution in [0.2, 0.25) is 0 Å². The van der Waals surface area contributed by atoms with Crippen LogP contribution >= 0.6 is 0 Å². The maximum absolute atomic E-state index is 13.1. The minimum absolute atomic E-state index is 0.00385. The Morgan fingerprint density at radius 3 is 2.41 bits per heavy atom. The molecule has 160 valence electrons. The molecule has 3 amide bonds. The van der Waals surface area contributed by atoms with Crippen LogP contribution in [0.25, 0.3) is 0 Å². The van der Waals surface area contributed by atoms with Gasteiger partial charge in [0.05, 0.1) is 26.8 Å². The van der Waals surface area contributed by atoms with E-state index < -0.39 is 0 Å². The number of ether oxygens (including phenoxy) is 2. The first-order chi connectivity index (χ1) is 13.9. The summed E-state index contributed by atoms with van der Waals surface area (Å²) in [6.07, 6.45) is 1.89. The Balaban J connectivity index is 1.63. The average molecular weight is 405 g/mol. The molecule has 0 radical (unpaired) electrons. The second-order valence-corrected chi connectivity index (χ2v) is 7.79. The van der Waals surface area contributed by atoms with Crippen LogP contribution in [-0.4, -0.2) is 99.1 Å². The number of benzene rings is 1. The van der Waals surface area contributed by atoms with Crippen LogP contribution in [-0.2, 0) is 4.79 Å². The largest absolute Gasteiger partial charge is 0.497 e. The molecular formula is C21H32N4O4. The molecule has 1 aromatic rings. The molecule has 0 N–H and O–H groups in total. The van der Waals surface area contributed by atoms with Gasteiger partial charge in [-0.15, -0.1) is 0 Å². The molecule has 0 saturated carbocycles. The van der Waals surface area contributed by atoms with Crippen LogP contribution in [0.15, 0.2) is 18.2 Å². The molecule has 2 aliphatic rings. The third kappa shape index (κ3) is 4.75. The summed E-state index contributed by atoms with van der Waals surface area (Å²) in [5.74, 6) is 1.68. The number of amides is 3. The van der Waals surface area contributed by atoms with Crippen LogP contribution in [0.5, 0.6) is 11.5 Å². The molecule has 1 atom stereocenters. The summed E-state index contributed by atoms with van der Waals surface area (Å²) >= 11 is 0. The molecule has 2 aliphatic heterocycles. The molecule has 8 nitrogen and oxygen atoms in total. The normalized spacial score (nSPS) is 19.9. The number of carbonyl (C=O) groups excluding carboxylic acids is 2. The van der Waals surface area contributed by atoms with E-state index >= 15 is 0 Å². The van der Waals surface area contributed by atoms with Crippen molar-refractivity contribution in [2.75, 3.05) is 67.6 Å². The lowest BCUT2D eigenvalue weighted by Crippen LogP contribution is -2.53. The van der Waals surface area contributed by atoms with Crippen molar-refractivity contribution >= 4 is 11.9 Å². The predicted octanol–water partition coefficient (Wildman–Crippen LogP) is 1.67. The fourth-order valence-corrected chi connectivity index (χ4v) is 4.15. The smallest absolute Gasteiger partial charge is 0.319 e. The SMILES string of the molecule is COc1ccc(OC)c(C2CCCN2C(=O)CN2CCN(C(=O)N(C)C)CC2)c1. The van der Waals surface area contributed by atoms with E-state index in [1.807, 2.05) is 28.0 Å². The van der Waals surface area contributed by atoms with E-state index in [-0.39, 0.29) is 18.0 Å². The number of nitrogens with zero attached hydrogens (tertiary/aromatic N) is 4. The molecule has 3 rings (SSSR count). The summed E-state index contributed by atoms with van der Waals surface area (Å²) in [4.78, 5) is 32.7. The Labute approximate surface area is 172 Å². The number of likely N-dealkylation sites (tertiary alicyclic amines) is 1. The van der Waals surface area contributed by atoms with Gasteiger partial charge in [0.2, 0.25) is 5.91 Å². The van der Waals surface area contributed by atoms with E-state index in [1.165, 1.54) is 0 Å². The topological polar surface area (TPSA) is 65.6 Å². The number of hydrogen-bond donors (Lipinski definition) is 0. The second kappa shape index (κ2) is 9.35. The van der Waals surface area contributed by atoms with Crippen LogP contribution in [0.1, 0.15) is 24.4 Å². The lowest BCUT2D eigenvalue weighted by molar-refractivity contribution is -0.133. The van der Waals surface area contributed by atoms with Crippen LogP contribution in [0.4, 0.5) is 4.79 Å². The van der Waals surface area contributed by atoms with Gasteiger partial charge in [-0.25, -0.2) is 4.79 Å². The van der Waals surface area contributed by atoms with Gasteiger partial charge in [-0.2, -0.15) is 0 Å². The lowest BCUT2D eigenvalue weighted by Gasteiger charge is -2.36. The molecule has 8 heteroatoms. The van der Waals surface area contributed by atoms with Crippen molar-refractivity contribution < 1.29 is 19.1 Å². The van der Waals surface area contributed by atoms with Crippen molar-refractivity contribution in [1.82, 2.24) is 19.6 Å². The molecular weight excluding hydrogens is 372 g/mol. The third-order valence-electron chi connectivity index (χ3n) is 5.75. The first-order valence-corrected chi connectivity index (χ1v) is 10.1. The molecule has 2 fully saturated rings. The van der Waals surface area contributed by atoms with Gasteiger partial charge in [0.1, 0.15) is 11.5 Å². The highest BCUT2D eigenvalue weighted by Gasteiger charge is 2.33. The Bertz CT molecular complexity index is 731. The summed E-state index contributed by atoms with van der Waals surface area (Å²) in [5, 5.41) is 0. The highest BCUT2D eigenvalue weighted by atomic mass is 16.5. The fourth-order valence-electron chi connectivity index (χ4n) is 4.15. The van der Waals surface area contributed by atoms with Crippen molar-refractivity contribution in [1.29, 1.82) is 0 Å². The molecule has 2 saturated heterocycles. The van der Waals surface area contributed by atoms with Crippen molar-refractivity contribution in [3.63, 3.8) is 0 Å². The van der Waals surface area contributed by atoms with Gasteiger partial charge in [-0.1, -0.05) is 0 Å². The molecule has 2 heterocycles. The van der Waals surface area contributed by atoms with Crippen molar-refractivity contribution in [3.8, 4) is 11.5 Å². The van der Waals surface area contributed by atoms with E-state index in [2.05, 4.69) is 4.90 Å². The minimum atomic E-state index is 0.00385. The highest BCUT2D eigenvalue weighted by molar-refractivity contribution is 5.79. The zero-order valence-corrected chi connectivity index (χ0v) is 17.9. The zero-order valence-electron chi connectivity index (χ0n) is 17.9. The van der Waals surface area contributed by atoms with E-state index in [0.717, 1.165) is 36.4 Å². The fraction of sp³-hybridized carbons (Fsp3) is 0.619. The van der Waals surface area contributed by atoms with E-state index in [1.54, 1.807) is 33.2 Å². The Kier molecular flexibility index (Phi) is 6.84. The molecule has 1 aromatic carbocycles. The standard InChI is InChI=1S/C21H32N4O4/c1-22(2)21(27)24-12-10-23(11-13-24)15-20(26)25-9-5-6-18(25)17-14-16(28-3)7-8-19(17)29-4/h7-8,14,18H,5-6,9-13,15H2,1-4H3. The van der Waals surface area contributed by atoms with Crippen molar-refractivity contribution in [3.05, 3.63) is 23.8 Å². The molecule has 1 unspecified atom stereocenters. The average Bonchev–Trinajstić information content (AvgIpc) is 3.23. The van der Waals surface area contributed by atoms with Crippen LogP contribution < -0.4 is 9.47 Å². The lowest BCUT2D eigenvalue weighted by atomic mass is 10.0. The van der Waals surface area contributed by atoms with Crippen LogP contribution in [0, 0.1) is 0 Å². The highest BCUT2D eigenvalue weighted by Crippen LogP contribution is 2.39. The second-order valence-electron chi connectivity index (χ2n) is 7.79. The maximum Gasteiger partial charge on any atom is 0.319 e. The van der Waals surface area contributed by atoms with E-state index in [4.69, 9.17) is 9.47 Å². The quantitative estimate of drug-likeness (QED) is 0.747. The molecule has 0 spiro atoms. The Hall–Kier alpha value is -2.48. The van der Waals surface area contributed by atoms with E-state index in [9.17, 15) is 9.59 Å². The summed E-state index contributed by atoms with van der Waals surface area (Å²) in [6, 6.07) is 5.78. The summed E-state index contributed by atoms with van der Waals surface area (Å²) < 4.78 is 10.9. The van der Waals surface area contributed by atoms with Gasteiger partial charge in [-0.3, -0.25) is 9.69 Å². The monoisotopic (exact) mass is 404 g/mol. The number of piperazine rings is 1. The molecule has 0 aliphatic carbocycles. The van der Waals surface area contributed by atoms with Crippen molar-refractivity contribution in [2.45, 2.75) is 18.9 Å². The first-order valence-electron chi connectivity index (χ1n) is 10.1. The number of rotatable bonds is 5. The maximum atomic E-state index is 13.1. The number of methoxy groups -OCH3 is 2. The summed E-state index contributed by atoms with van der Waals surface area (Å²) in [5.41, 5.74) is 0.999. The van der Waals surface area contributed by atoms with Gasteiger partial charge >= 0.3 is 6.03 Å². The van der Waals surface area contributed by atoms with Gasteiger partial charge in [0.15, 0.2) is 0 Å². The molecule has 0 aromatic heterocycles. The Morgan fingerprint density at radius 1 is 1.07 bits per heavy atom.